The van der Waals surface area contributed by atoms with Crippen molar-refractivity contribution in [1.82, 2.24) is 0 Å². The second-order valence-electron chi connectivity index (χ2n) is 1.32. The number of phosphoric ester groups is 1. The Balaban J connectivity index is 0. The van der Waals surface area contributed by atoms with Gasteiger partial charge in [0.15, 0.2) is 0 Å². The van der Waals surface area contributed by atoms with Crippen LogP contribution < -0.4 is 0 Å². The summed E-state index contributed by atoms with van der Waals surface area (Å²) in [5, 5.41) is 0. The molecule has 7 heteroatoms. The Hall–Kier alpha value is 1.07. The van der Waals surface area contributed by atoms with Crippen molar-refractivity contribution >= 4 is 37.4 Å². The first-order valence-electron chi connectivity index (χ1n) is 2.25. The third kappa shape index (κ3) is 11.8. The molecule has 0 fully saturated rings. The zero-order valence-electron chi connectivity index (χ0n) is 4.98. The third-order valence-electron chi connectivity index (χ3n) is 0.547. The fourth-order valence-electron chi connectivity index (χ4n) is 0.240. The number of rotatable bonds is 4. The minimum absolute atomic E-state index is 0. The van der Waals surface area contributed by atoms with Crippen molar-refractivity contribution in [2.24, 2.45) is 0 Å². The molecular weight excluding hydrogens is 170 g/mol. The second kappa shape index (κ2) is 6.76. The molecule has 0 aliphatic heterocycles. The van der Waals surface area contributed by atoms with E-state index < -0.39 is 7.82 Å². The van der Waals surface area contributed by atoms with Crippen molar-refractivity contribution in [2.75, 3.05) is 20.3 Å². The maximum absolute atomic E-state index is 9.92. The third-order valence-corrected chi connectivity index (χ3v) is 1.07. The van der Waals surface area contributed by atoms with Crippen LogP contribution in [-0.2, 0) is 13.8 Å². The predicted molar refractivity (Wildman–Crippen MR) is 37.0 cm³/mol. The molecule has 0 aromatic carbocycles. The van der Waals surface area contributed by atoms with Gasteiger partial charge in [-0.25, -0.2) is 4.57 Å². The molecule has 0 saturated carbocycles. The van der Waals surface area contributed by atoms with Gasteiger partial charge >= 0.3 is 37.4 Å². The maximum atomic E-state index is 9.92. The molecule has 5 nitrogen and oxygen atoms in total. The SMILES string of the molecule is COCCOP(=O)(O)O.[NaH]. The molecule has 0 aliphatic carbocycles. The molecule has 10 heavy (non-hydrogen) atoms. The Labute approximate surface area is 81.2 Å². The van der Waals surface area contributed by atoms with Crippen LogP contribution in [0.15, 0.2) is 0 Å². The summed E-state index contributed by atoms with van der Waals surface area (Å²) in [5.74, 6) is 0. The van der Waals surface area contributed by atoms with Crippen LogP contribution in [0, 0.1) is 0 Å². The molecule has 0 unspecified atom stereocenters. The van der Waals surface area contributed by atoms with Crippen LogP contribution in [0.5, 0.6) is 0 Å². The average molecular weight is 180 g/mol. The topological polar surface area (TPSA) is 76.0 Å². The number of hydrogen-bond acceptors (Lipinski definition) is 3. The molecule has 0 aromatic rings. The summed E-state index contributed by atoms with van der Waals surface area (Å²) >= 11 is 0. The van der Waals surface area contributed by atoms with Gasteiger partial charge in [0, 0.05) is 7.11 Å². The Morgan fingerprint density at radius 3 is 2.20 bits per heavy atom. The van der Waals surface area contributed by atoms with Gasteiger partial charge in [0.1, 0.15) is 0 Å². The van der Waals surface area contributed by atoms with E-state index in [1.54, 1.807) is 0 Å². The van der Waals surface area contributed by atoms with Crippen molar-refractivity contribution in [1.29, 1.82) is 0 Å². The van der Waals surface area contributed by atoms with Crippen LogP contribution in [0.2, 0.25) is 0 Å². The summed E-state index contributed by atoms with van der Waals surface area (Å²) in [6, 6.07) is 0. The Bertz CT molecular complexity index is 111. The van der Waals surface area contributed by atoms with Gasteiger partial charge in [-0.1, -0.05) is 0 Å². The van der Waals surface area contributed by atoms with Gasteiger partial charge < -0.3 is 14.5 Å². The Morgan fingerprint density at radius 1 is 1.40 bits per heavy atom. The van der Waals surface area contributed by atoms with Crippen molar-refractivity contribution in [3.8, 4) is 0 Å². The molecule has 0 radical (unpaired) electrons. The number of phosphoric acid groups is 1. The van der Waals surface area contributed by atoms with Gasteiger partial charge in [-0.3, -0.25) is 4.52 Å². The zero-order chi connectivity index (χ0) is 7.33. The van der Waals surface area contributed by atoms with Gasteiger partial charge in [-0.2, -0.15) is 0 Å². The predicted octanol–water partition coefficient (Wildman–Crippen LogP) is -0.906. The summed E-state index contributed by atoms with van der Waals surface area (Å²) in [5.41, 5.74) is 0. The molecule has 0 atom stereocenters. The minimum atomic E-state index is -4.28. The molecule has 0 spiro atoms. The van der Waals surface area contributed by atoms with Crippen molar-refractivity contribution in [3.63, 3.8) is 0 Å². The van der Waals surface area contributed by atoms with E-state index in [4.69, 9.17) is 9.79 Å². The normalized spacial score (nSPS) is 10.7. The Kier molecular flexibility index (Phi) is 9.22. The number of hydrogen-bond donors (Lipinski definition) is 2. The first kappa shape index (κ1) is 13.6. The van der Waals surface area contributed by atoms with Crippen LogP contribution in [0.4, 0.5) is 0 Å². The number of ether oxygens (including phenoxy) is 1. The van der Waals surface area contributed by atoms with Crippen LogP contribution in [0.25, 0.3) is 0 Å². The van der Waals surface area contributed by atoms with E-state index in [1.165, 1.54) is 7.11 Å². The fourth-order valence-corrected chi connectivity index (χ4v) is 0.552. The molecule has 58 valence electrons. The fraction of sp³-hybridized carbons (Fsp3) is 1.00. The summed E-state index contributed by atoms with van der Waals surface area (Å²) < 4.78 is 18.4. The van der Waals surface area contributed by atoms with Gasteiger partial charge in [0.25, 0.3) is 0 Å². The summed E-state index contributed by atoms with van der Waals surface area (Å²) in [6.07, 6.45) is 0. The molecule has 0 rings (SSSR count). The van der Waals surface area contributed by atoms with Gasteiger partial charge in [-0.05, 0) is 0 Å². The summed E-state index contributed by atoms with van der Waals surface area (Å²) in [7, 11) is -2.86. The molecule has 0 aliphatic rings. The first-order valence-corrected chi connectivity index (χ1v) is 3.78. The molecule has 0 bridgehead atoms. The summed E-state index contributed by atoms with van der Waals surface area (Å²) in [4.78, 5) is 16.2. The van der Waals surface area contributed by atoms with E-state index in [9.17, 15) is 4.57 Å². The molecule has 0 heterocycles. The van der Waals surface area contributed by atoms with Crippen LogP contribution in [0.3, 0.4) is 0 Å². The molecular formula is C3H10NaO5P. The van der Waals surface area contributed by atoms with Crippen LogP contribution in [0.1, 0.15) is 0 Å². The monoisotopic (exact) mass is 180 g/mol. The van der Waals surface area contributed by atoms with Crippen molar-refractivity contribution in [2.45, 2.75) is 0 Å². The van der Waals surface area contributed by atoms with E-state index in [1.807, 2.05) is 0 Å². The first-order chi connectivity index (χ1) is 4.06. The van der Waals surface area contributed by atoms with Gasteiger partial charge in [0.2, 0.25) is 0 Å². The van der Waals surface area contributed by atoms with E-state index in [0.29, 0.717) is 0 Å². The zero-order valence-corrected chi connectivity index (χ0v) is 5.88. The summed E-state index contributed by atoms with van der Waals surface area (Å²) in [6.45, 7) is 0.103. The van der Waals surface area contributed by atoms with Gasteiger partial charge in [0.05, 0.1) is 13.2 Å². The molecule has 2 N–H and O–H groups in total. The standard InChI is InChI=1S/C3H9O5P.Na.H/c1-7-2-3-8-9(4,5)6;;/h2-3H2,1H3,(H2,4,5,6);;. The van der Waals surface area contributed by atoms with E-state index in [-0.39, 0.29) is 42.8 Å². The van der Waals surface area contributed by atoms with Crippen LogP contribution in [-0.4, -0.2) is 59.7 Å². The molecule has 0 saturated heterocycles. The molecule has 0 amide bonds. The molecule has 0 aromatic heterocycles. The van der Waals surface area contributed by atoms with E-state index >= 15 is 0 Å². The number of methoxy groups -OCH3 is 1. The Morgan fingerprint density at radius 2 is 1.90 bits per heavy atom. The van der Waals surface area contributed by atoms with Crippen LogP contribution >= 0.6 is 7.82 Å². The van der Waals surface area contributed by atoms with E-state index in [0.717, 1.165) is 0 Å². The van der Waals surface area contributed by atoms with E-state index in [2.05, 4.69) is 9.26 Å². The quantitative estimate of drug-likeness (QED) is 0.333. The second-order valence-corrected chi connectivity index (χ2v) is 2.56. The average Bonchev–Trinajstić information content (AvgIpc) is 1.63. The van der Waals surface area contributed by atoms with Crippen molar-refractivity contribution < 1.29 is 23.6 Å². The van der Waals surface area contributed by atoms with Gasteiger partial charge in [-0.15, -0.1) is 0 Å². The van der Waals surface area contributed by atoms with Crippen molar-refractivity contribution in [3.05, 3.63) is 0 Å².